The van der Waals surface area contributed by atoms with Crippen LogP contribution in [-0.2, 0) is 16.2 Å². The van der Waals surface area contributed by atoms with Crippen LogP contribution in [0, 0.1) is 13.8 Å². The number of aromatic nitrogens is 1. The summed E-state index contributed by atoms with van der Waals surface area (Å²) < 4.78 is 69.1. The van der Waals surface area contributed by atoms with E-state index in [4.69, 9.17) is 4.52 Å². The van der Waals surface area contributed by atoms with Gasteiger partial charge in [0.05, 0.1) is 10.5 Å². The molecule has 0 saturated heterocycles. The standard InChI is InChI=1S/C12H11F3N2O3S/c1-7-11(8(2)20-16-7)17-21(18,19)10-5-3-4-9(6-10)12(13,14)15/h3-6,17H,1-2H3. The van der Waals surface area contributed by atoms with E-state index in [-0.39, 0.29) is 11.4 Å². The van der Waals surface area contributed by atoms with Crippen LogP contribution in [0.5, 0.6) is 0 Å². The minimum Gasteiger partial charge on any atom is -0.359 e. The number of rotatable bonds is 3. The van der Waals surface area contributed by atoms with E-state index in [1.165, 1.54) is 13.8 Å². The number of nitrogens with one attached hydrogen (secondary N) is 1. The number of nitrogens with zero attached hydrogens (tertiary/aromatic N) is 1. The van der Waals surface area contributed by atoms with E-state index in [0.717, 1.165) is 18.2 Å². The molecule has 2 aromatic rings. The van der Waals surface area contributed by atoms with Crippen molar-refractivity contribution in [3.63, 3.8) is 0 Å². The maximum atomic E-state index is 12.6. The molecule has 0 spiro atoms. The van der Waals surface area contributed by atoms with Crippen LogP contribution in [0.4, 0.5) is 18.9 Å². The highest BCUT2D eigenvalue weighted by Gasteiger charge is 2.32. The molecule has 0 unspecified atom stereocenters. The van der Waals surface area contributed by atoms with Gasteiger partial charge >= 0.3 is 6.18 Å². The second-order valence-corrected chi connectivity index (χ2v) is 6.01. The number of aryl methyl sites for hydroxylation is 2. The highest BCUT2D eigenvalue weighted by Crippen LogP contribution is 2.31. The third-order valence-electron chi connectivity index (χ3n) is 2.74. The van der Waals surface area contributed by atoms with Crippen molar-refractivity contribution in [3.05, 3.63) is 41.3 Å². The maximum Gasteiger partial charge on any atom is 0.416 e. The molecule has 0 fully saturated rings. The van der Waals surface area contributed by atoms with Crippen molar-refractivity contribution in [3.8, 4) is 0 Å². The first-order valence-corrected chi connectivity index (χ1v) is 7.22. The first kappa shape index (κ1) is 15.4. The molecular weight excluding hydrogens is 309 g/mol. The molecule has 21 heavy (non-hydrogen) atoms. The van der Waals surface area contributed by atoms with Crippen molar-refractivity contribution in [1.82, 2.24) is 5.16 Å². The summed E-state index contributed by atoms with van der Waals surface area (Å²) >= 11 is 0. The van der Waals surface area contributed by atoms with Crippen LogP contribution in [-0.4, -0.2) is 13.6 Å². The molecule has 0 aliphatic carbocycles. The molecule has 0 aliphatic heterocycles. The van der Waals surface area contributed by atoms with E-state index in [1.54, 1.807) is 0 Å². The van der Waals surface area contributed by atoms with E-state index in [1.807, 2.05) is 0 Å². The number of hydrogen-bond donors (Lipinski definition) is 1. The predicted molar refractivity (Wildman–Crippen MR) is 68.2 cm³/mol. The molecule has 1 heterocycles. The minimum atomic E-state index is -4.62. The molecule has 0 atom stereocenters. The van der Waals surface area contributed by atoms with E-state index in [9.17, 15) is 21.6 Å². The van der Waals surface area contributed by atoms with E-state index >= 15 is 0 Å². The number of hydrogen-bond acceptors (Lipinski definition) is 4. The second-order valence-electron chi connectivity index (χ2n) is 4.33. The van der Waals surface area contributed by atoms with E-state index in [2.05, 4.69) is 9.88 Å². The number of anilines is 1. The molecular formula is C12H11F3N2O3S. The smallest absolute Gasteiger partial charge is 0.359 e. The van der Waals surface area contributed by atoms with Crippen LogP contribution in [0.25, 0.3) is 0 Å². The van der Waals surface area contributed by atoms with Gasteiger partial charge in [-0.25, -0.2) is 8.42 Å². The molecule has 0 amide bonds. The summed E-state index contributed by atoms with van der Waals surface area (Å²) in [4.78, 5) is -0.489. The van der Waals surface area contributed by atoms with Gasteiger partial charge in [-0.1, -0.05) is 11.2 Å². The lowest BCUT2D eigenvalue weighted by molar-refractivity contribution is -0.137. The van der Waals surface area contributed by atoms with Crippen LogP contribution in [0.15, 0.2) is 33.7 Å². The van der Waals surface area contributed by atoms with Crippen LogP contribution in [0.3, 0.4) is 0 Å². The summed E-state index contributed by atoms with van der Waals surface area (Å²) in [6.07, 6.45) is -4.62. The average Bonchev–Trinajstić information content (AvgIpc) is 2.69. The molecule has 9 heteroatoms. The summed E-state index contributed by atoms with van der Waals surface area (Å²) in [7, 11) is -4.16. The van der Waals surface area contributed by atoms with Gasteiger partial charge in [0.2, 0.25) is 0 Å². The topological polar surface area (TPSA) is 72.2 Å². The zero-order chi connectivity index (χ0) is 15.8. The van der Waals surface area contributed by atoms with Crippen LogP contribution >= 0.6 is 0 Å². The van der Waals surface area contributed by atoms with Crippen molar-refractivity contribution < 1.29 is 26.1 Å². The van der Waals surface area contributed by atoms with Gasteiger partial charge < -0.3 is 4.52 Å². The largest absolute Gasteiger partial charge is 0.416 e. The van der Waals surface area contributed by atoms with Crippen molar-refractivity contribution in [2.75, 3.05) is 4.72 Å². The van der Waals surface area contributed by atoms with Crippen molar-refractivity contribution in [2.45, 2.75) is 24.9 Å². The Morgan fingerprint density at radius 3 is 2.43 bits per heavy atom. The Bertz CT molecular complexity index is 747. The lowest BCUT2D eigenvalue weighted by Crippen LogP contribution is -2.15. The number of halogens is 3. The fraction of sp³-hybridized carbons (Fsp3) is 0.250. The van der Waals surface area contributed by atoms with E-state index < -0.39 is 26.7 Å². The SMILES string of the molecule is Cc1noc(C)c1NS(=O)(=O)c1cccc(C(F)(F)F)c1. The molecule has 0 saturated carbocycles. The molecule has 1 aromatic heterocycles. The van der Waals surface area contributed by atoms with Crippen molar-refractivity contribution in [1.29, 1.82) is 0 Å². The Morgan fingerprint density at radius 2 is 1.90 bits per heavy atom. The molecule has 2 rings (SSSR count). The minimum absolute atomic E-state index is 0.118. The summed E-state index contributed by atoms with van der Waals surface area (Å²) in [5.41, 5.74) is -0.625. The highest BCUT2D eigenvalue weighted by atomic mass is 32.2. The molecule has 0 radical (unpaired) electrons. The Hall–Kier alpha value is -2.03. The monoisotopic (exact) mass is 320 g/mol. The first-order chi connectivity index (χ1) is 9.61. The quantitative estimate of drug-likeness (QED) is 0.943. The summed E-state index contributed by atoms with van der Waals surface area (Å²) in [6.45, 7) is 3.00. The third kappa shape index (κ3) is 3.18. The fourth-order valence-corrected chi connectivity index (χ4v) is 2.88. The van der Waals surface area contributed by atoms with Gasteiger partial charge in [-0.05, 0) is 32.0 Å². The zero-order valence-corrected chi connectivity index (χ0v) is 11.8. The third-order valence-corrected chi connectivity index (χ3v) is 4.09. The lowest BCUT2D eigenvalue weighted by atomic mass is 10.2. The number of benzene rings is 1. The maximum absolute atomic E-state index is 12.6. The molecule has 0 aliphatic rings. The van der Waals surface area contributed by atoms with Gasteiger partial charge in [-0.15, -0.1) is 0 Å². The molecule has 1 N–H and O–H groups in total. The van der Waals surface area contributed by atoms with Crippen molar-refractivity contribution >= 4 is 15.7 Å². The van der Waals surface area contributed by atoms with Crippen LogP contribution in [0.1, 0.15) is 17.0 Å². The molecule has 0 bridgehead atoms. The summed E-state index contributed by atoms with van der Waals surface area (Å²) in [5.74, 6) is 0.225. The van der Waals surface area contributed by atoms with Gasteiger partial charge in [0.1, 0.15) is 11.4 Å². The number of alkyl halides is 3. The first-order valence-electron chi connectivity index (χ1n) is 5.74. The highest BCUT2D eigenvalue weighted by molar-refractivity contribution is 7.92. The Morgan fingerprint density at radius 1 is 1.24 bits per heavy atom. The Kier molecular flexibility index (Phi) is 3.70. The fourth-order valence-electron chi connectivity index (χ4n) is 1.66. The van der Waals surface area contributed by atoms with Gasteiger partial charge in [-0.2, -0.15) is 13.2 Å². The second kappa shape index (κ2) is 5.06. The lowest BCUT2D eigenvalue weighted by Gasteiger charge is -2.10. The summed E-state index contributed by atoms with van der Waals surface area (Å²) in [5, 5.41) is 3.57. The Balaban J connectivity index is 2.41. The average molecular weight is 320 g/mol. The zero-order valence-electron chi connectivity index (χ0n) is 11.0. The predicted octanol–water partition coefficient (Wildman–Crippen LogP) is 3.11. The Labute approximate surface area is 118 Å². The van der Waals surface area contributed by atoms with Crippen LogP contribution < -0.4 is 4.72 Å². The normalized spacial score (nSPS) is 12.4. The van der Waals surface area contributed by atoms with Gasteiger partial charge in [-0.3, -0.25) is 4.72 Å². The van der Waals surface area contributed by atoms with Gasteiger partial charge in [0.25, 0.3) is 10.0 Å². The van der Waals surface area contributed by atoms with Crippen LogP contribution in [0.2, 0.25) is 0 Å². The van der Waals surface area contributed by atoms with Crippen molar-refractivity contribution in [2.24, 2.45) is 0 Å². The van der Waals surface area contributed by atoms with E-state index in [0.29, 0.717) is 11.8 Å². The number of sulfonamides is 1. The molecule has 5 nitrogen and oxygen atoms in total. The molecule has 1 aromatic carbocycles. The van der Waals surface area contributed by atoms with Gasteiger partial charge in [0, 0.05) is 0 Å². The summed E-state index contributed by atoms with van der Waals surface area (Å²) in [6, 6.07) is 3.48. The van der Waals surface area contributed by atoms with Gasteiger partial charge in [0.15, 0.2) is 5.76 Å². The molecule has 114 valence electrons.